The van der Waals surface area contributed by atoms with Crippen molar-refractivity contribution in [3.63, 3.8) is 0 Å². The largest absolute Gasteiger partial charge is 0.385 e. The molecule has 2 N–H and O–H groups in total. The fourth-order valence-electron chi connectivity index (χ4n) is 4.13. The van der Waals surface area contributed by atoms with Gasteiger partial charge in [0.05, 0.1) is 0 Å². The number of carbonyl (C=O) groups excluding carboxylic acids is 2. The molecular formula is C24H25ClFN3O2. The number of nitrogens with one attached hydrogen (secondary N) is 2. The van der Waals surface area contributed by atoms with Crippen molar-refractivity contribution >= 4 is 40.4 Å². The smallest absolute Gasteiger partial charge is 0.239 e. The normalized spacial score (nSPS) is 20.2. The molecule has 2 aliphatic heterocycles. The van der Waals surface area contributed by atoms with E-state index >= 15 is 0 Å². The van der Waals surface area contributed by atoms with E-state index in [1.807, 2.05) is 18.2 Å². The standard InChI is InChI=1S/C24H25ClFN3O2/c25-17-4-9-22-21(15-17)16(3-1-2-12-27-22)10-13-28-23(30)20-11-14-29(24(20)31)19-7-5-18(26)6-8-19/h3-9,15,20,27H,1-2,10-14H2,(H,28,30)/b16-3-. The third-order valence-corrected chi connectivity index (χ3v) is 6.00. The first kappa shape index (κ1) is 21.4. The van der Waals surface area contributed by atoms with E-state index < -0.39 is 5.92 Å². The van der Waals surface area contributed by atoms with Gasteiger partial charge in [0, 0.05) is 41.6 Å². The highest BCUT2D eigenvalue weighted by Gasteiger charge is 2.37. The van der Waals surface area contributed by atoms with Gasteiger partial charge >= 0.3 is 0 Å². The van der Waals surface area contributed by atoms with Crippen LogP contribution < -0.4 is 15.5 Å². The molecule has 1 saturated heterocycles. The van der Waals surface area contributed by atoms with Crippen LogP contribution in [-0.4, -0.2) is 31.4 Å². The minimum atomic E-state index is -0.709. The average molecular weight is 442 g/mol. The van der Waals surface area contributed by atoms with Gasteiger partial charge in [0.1, 0.15) is 11.7 Å². The summed E-state index contributed by atoms with van der Waals surface area (Å²) in [6.07, 6.45) is 5.30. The Morgan fingerprint density at radius 1 is 1.23 bits per heavy atom. The highest BCUT2D eigenvalue weighted by molar-refractivity contribution is 6.30. The second-order valence-corrected chi connectivity index (χ2v) is 8.27. The molecular weight excluding hydrogens is 417 g/mol. The molecule has 1 atom stereocenters. The van der Waals surface area contributed by atoms with Crippen LogP contribution in [0.4, 0.5) is 15.8 Å². The second kappa shape index (κ2) is 9.52. The number of rotatable bonds is 5. The fraction of sp³-hybridized carbons (Fsp3) is 0.333. The van der Waals surface area contributed by atoms with Crippen molar-refractivity contribution in [2.24, 2.45) is 5.92 Å². The summed E-state index contributed by atoms with van der Waals surface area (Å²) < 4.78 is 13.1. The molecule has 0 saturated carbocycles. The highest BCUT2D eigenvalue weighted by Crippen LogP contribution is 2.31. The van der Waals surface area contributed by atoms with E-state index in [4.69, 9.17) is 11.6 Å². The monoisotopic (exact) mass is 441 g/mol. The lowest BCUT2D eigenvalue weighted by atomic mass is 9.97. The maximum absolute atomic E-state index is 13.1. The highest BCUT2D eigenvalue weighted by atomic mass is 35.5. The Labute approximate surface area is 186 Å². The van der Waals surface area contributed by atoms with Crippen LogP contribution in [0.3, 0.4) is 0 Å². The van der Waals surface area contributed by atoms with Gasteiger partial charge in [-0.05, 0) is 73.7 Å². The van der Waals surface area contributed by atoms with Crippen molar-refractivity contribution in [2.75, 3.05) is 29.9 Å². The van der Waals surface area contributed by atoms with Gasteiger partial charge < -0.3 is 15.5 Å². The number of benzene rings is 2. The van der Waals surface area contributed by atoms with Crippen LogP contribution in [0.15, 0.2) is 48.5 Å². The molecule has 1 fully saturated rings. The zero-order chi connectivity index (χ0) is 21.8. The molecule has 2 amide bonds. The lowest BCUT2D eigenvalue weighted by Gasteiger charge is -2.19. The van der Waals surface area contributed by atoms with Crippen LogP contribution in [0.5, 0.6) is 0 Å². The number of carbonyl (C=O) groups is 2. The number of fused-ring (bicyclic) bond motifs is 1. The van der Waals surface area contributed by atoms with Gasteiger partial charge in [-0.15, -0.1) is 0 Å². The van der Waals surface area contributed by atoms with Crippen LogP contribution in [0, 0.1) is 11.7 Å². The van der Waals surface area contributed by atoms with Crippen LogP contribution in [-0.2, 0) is 9.59 Å². The molecule has 0 aromatic heterocycles. The van der Waals surface area contributed by atoms with Crippen molar-refractivity contribution < 1.29 is 14.0 Å². The number of halogens is 2. The van der Waals surface area contributed by atoms with Crippen LogP contribution in [0.1, 0.15) is 31.2 Å². The van der Waals surface area contributed by atoms with E-state index in [0.717, 1.165) is 36.2 Å². The summed E-state index contributed by atoms with van der Waals surface area (Å²) in [6, 6.07) is 11.6. The summed E-state index contributed by atoms with van der Waals surface area (Å²) >= 11 is 6.21. The summed E-state index contributed by atoms with van der Waals surface area (Å²) in [5, 5.41) is 7.03. The Balaban J connectivity index is 1.37. The molecule has 7 heteroatoms. The van der Waals surface area contributed by atoms with Crippen molar-refractivity contribution in [1.82, 2.24) is 5.32 Å². The Hall–Kier alpha value is -2.86. The third-order valence-electron chi connectivity index (χ3n) is 5.77. The SMILES string of the molecule is O=C(NCC/C1=C/CCCNc2ccc(Cl)cc21)C1CCN(c2ccc(F)cc2)C1=O. The van der Waals surface area contributed by atoms with E-state index in [0.29, 0.717) is 36.6 Å². The molecule has 0 aliphatic carbocycles. The van der Waals surface area contributed by atoms with Gasteiger partial charge in [-0.3, -0.25) is 9.59 Å². The predicted octanol–water partition coefficient (Wildman–Crippen LogP) is 4.63. The van der Waals surface area contributed by atoms with Gasteiger partial charge in [-0.2, -0.15) is 0 Å². The average Bonchev–Trinajstić information content (AvgIpc) is 3.13. The topological polar surface area (TPSA) is 61.4 Å². The van der Waals surface area contributed by atoms with E-state index in [1.54, 1.807) is 17.0 Å². The molecule has 2 aromatic carbocycles. The molecule has 2 aliphatic rings. The Morgan fingerprint density at radius 3 is 2.84 bits per heavy atom. The summed E-state index contributed by atoms with van der Waals surface area (Å²) in [4.78, 5) is 26.9. The van der Waals surface area contributed by atoms with E-state index in [1.165, 1.54) is 12.1 Å². The molecule has 0 spiro atoms. The van der Waals surface area contributed by atoms with Crippen molar-refractivity contribution in [3.8, 4) is 0 Å². The quantitative estimate of drug-likeness (QED) is 0.665. The second-order valence-electron chi connectivity index (χ2n) is 7.84. The number of anilines is 2. The minimum Gasteiger partial charge on any atom is -0.385 e. The van der Waals surface area contributed by atoms with Gasteiger partial charge in [0.15, 0.2) is 0 Å². The van der Waals surface area contributed by atoms with Crippen LogP contribution in [0.2, 0.25) is 5.02 Å². The van der Waals surface area contributed by atoms with Crippen molar-refractivity contribution in [3.05, 3.63) is 64.9 Å². The van der Waals surface area contributed by atoms with E-state index in [2.05, 4.69) is 16.7 Å². The lowest BCUT2D eigenvalue weighted by molar-refractivity contribution is -0.132. The van der Waals surface area contributed by atoms with Gasteiger partial charge in [0.2, 0.25) is 11.8 Å². The van der Waals surface area contributed by atoms with Crippen molar-refractivity contribution in [2.45, 2.75) is 25.7 Å². The van der Waals surface area contributed by atoms with Gasteiger partial charge in [-0.1, -0.05) is 17.7 Å². The molecule has 162 valence electrons. The summed E-state index contributed by atoms with van der Waals surface area (Å²) in [7, 11) is 0. The van der Waals surface area contributed by atoms with E-state index in [9.17, 15) is 14.0 Å². The maximum atomic E-state index is 13.1. The summed E-state index contributed by atoms with van der Waals surface area (Å²) in [6.45, 7) is 1.80. The molecule has 31 heavy (non-hydrogen) atoms. The number of nitrogens with zero attached hydrogens (tertiary/aromatic N) is 1. The Morgan fingerprint density at radius 2 is 2.03 bits per heavy atom. The first-order chi connectivity index (χ1) is 15.0. The molecule has 0 bridgehead atoms. The third kappa shape index (κ3) is 4.90. The van der Waals surface area contributed by atoms with Crippen LogP contribution in [0.25, 0.3) is 5.57 Å². The Bertz CT molecular complexity index is 1010. The molecule has 0 radical (unpaired) electrons. The number of hydrogen-bond donors (Lipinski definition) is 2. The van der Waals surface area contributed by atoms with Gasteiger partial charge in [-0.25, -0.2) is 4.39 Å². The summed E-state index contributed by atoms with van der Waals surface area (Å²) in [5.41, 5.74) is 3.85. The maximum Gasteiger partial charge on any atom is 0.239 e. The molecule has 2 aromatic rings. The number of hydrogen-bond acceptors (Lipinski definition) is 3. The fourth-order valence-corrected chi connectivity index (χ4v) is 4.30. The van der Waals surface area contributed by atoms with Gasteiger partial charge in [0.25, 0.3) is 0 Å². The van der Waals surface area contributed by atoms with Crippen LogP contribution >= 0.6 is 11.6 Å². The predicted molar refractivity (Wildman–Crippen MR) is 122 cm³/mol. The van der Waals surface area contributed by atoms with E-state index in [-0.39, 0.29) is 17.6 Å². The lowest BCUT2D eigenvalue weighted by Crippen LogP contribution is -2.37. The van der Waals surface area contributed by atoms with Crippen molar-refractivity contribution in [1.29, 1.82) is 0 Å². The zero-order valence-corrected chi connectivity index (χ0v) is 17.9. The summed E-state index contributed by atoms with van der Waals surface area (Å²) in [5.74, 6) is -1.56. The zero-order valence-electron chi connectivity index (χ0n) is 17.2. The number of allylic oxidation sites excluding steroid dienone is 1. The first-order valence-corrected chi connectivity index (χ1v) is 11.0. The molecule has 4 rings (SSSR count). The Kier molecular flexibility index (Phi) is 6.56. The molecule has 5 nitrogen and oxygen atoms in total. The first-order valence-electron chi connectivity index (χ1n) is 10.6. The molecule has 1 unspecified atom stereocenters. The molecule has 2 heterocycles. The minimum absolute atomic E-state index is 0.240. The number of amides is 2.